The Morgan fingerprint density at radius 2 is 2.22 bits per heavy atom. The van der Waals surface area contributed by atoms with Crippen LogP contribution >= 0.6 is 11.3 Å². The lowest BCUT2D eigenvalue weighted by Crippen LogP contribution is -2.31. The second kappa shape index (κ2) is 6.70. The Balaban J connectivity index is 1.85. The van der Waals surface area contributed by atoms with E-state index in [0.29, 0.717) is 23.5 Å². The van der Waals surface area contributed by atoms with Crippen LogP contribution in [0.15, 0.2) is 23.7 Å². The van der Waals surface area contributed by atoms with E-state index < -0.39 is 23.9 Å². The van der Waals surface area contributed by atoms with Gasteiger partial charge in [-0.1, -0.05) is 0 Å². The first-order valence-corrected chi connectivity index (χ1v) is 8.25. The lowest BCUT2D eigenvalue weighted by Gasteiger charge is -2.30. The number of esters is 1. The summed E-state index contributed by atoms with van der Waals surface area (Å²) in [4.78, 5) is 20.5. The summed E-state index contributed by atoms with van der Waals surface area (Å²) in [6.07, 6.45) is 1.30. The standard InChI is InChI=1S/C16H16F2N2O2S/c1-22-16(21)12-6-9(17)2-4-11(12)14-8-23-15(20-14)13-5-3-10(18)7-19-13/h3,5,7-9,11-12H,2,4,6H2,1H3. The molecule has 23 heavy (non-hydrogen) atoms. The Morgan fingerprint density at radius 3 is 2.91 bits per heavy atom. The van der Waals surface area contributed by atoms with Crippen molar-refractivity contribution in [3.05, 3.63) is 35.2 Å². The second-order valence-corrected chi connectivity index (χ2v) is 6.44. The molecule has 0 N–H and O–H groups in total. The van der Waals surface area contributed by atoms with Crippen LogP contribution in [0, 0.1) is 11.7 Å². The third-order valence-electron chi connectivity index (χ3n) is 4.14. The van der Waals surface area contributed by atoms with Gasteiger partial charge in [-0.05, 0) is 31.4 Å². The lowest BCUT2D eigenvalue weighted by atomic mass is 9.77. The number of pyridine rings is 1. The highest BCUT2D eigenvalue weighted by molar-refractivity contribution is 7.13. The normalized spacial score (nSPS) is 24.4. The van der Waals surface area contributed by atoms with Crippen LogP contribution in [-0.2, 0) is 9.53 Å². The number of thiazole rings is 1. The number of aromatic nitrogens is 2. The molecule has 7 heteroatoms. The first-order valence-electron chi connectivity index (χ1n) is 7.37. The molecule has 3 unspecified atom stereocenters. The average molecular weight is 338 g/mol. The molecule has 0 aromatic carbocycles. The van der Waals surface area contributed by atoms with Crippen LogP contribution in [0.2, 0.25) is 0 Å². The molecule has 1 aliphatic rings. The van der Waals surface area contributed by atoms with Crippen molar-refractivity contribution in [2.24, 2.45) is 5.92 Å². The summed E-state index contributed by atoms with van der Waals surface area (Å²) in [5.41, 5.74) is 1.33. The molecule has 0 radical (unpaired) electrons. The van der Waals surface area contributed by atoms with Crippen LogP contribution in [0.25, 0.3) is 10.7 Å². The molecule has 0 amide bonds. The molecule has 3 atom stereocenters. The van der Waals surface area contributed by atoms with Crippen LogP contribution in [0.1, 0.15) is 30.9 Å². The predicted molar refractivity (Wildman–Crippen MR) is 82.3 cm³/mol. The van der Waals surface area contributed by atoms with Crippen molar-refractivity contribution in [1.29, 1.82) is 0 Å². The fourth-order valence-corrected chi connectivity index (χ4v) is 3.82. The maximum absolute atomic E-state index is 13.7. The number of alkyl halides is 1. The van der Waals surface area contributed by atoms with Gasteiger partial charge in [-0.25, -0.2) is 13.8 Å². The number of hydrogen-bond donors (Lipinski definition) is 0. The van der Waals surface area contributed by atoms with E-state index in [9.17, 15) is 13.6 Å². The van der Waals surface area contributed by atoms with E-state index in [1.807, 2.05) is 5.38 Å². The Kier molecular flexibility index (Phi) is 4.66. The first-order chi connectivity index (χ1) is 11.1. The fourth-order valence-electron chi connectivity index (χ4n) is 2.96. The summed E-state index contributed by atoms with van der Waals surface area (Å²) in [6, 6.07) is 2.89. The Hall–Kier alpha value is -1.89. The summed E-state index contributed by atoms with van der Waals surface area (Å²) < 4.78 is 31.4. The molecule has 2 aromatic rings. The van der Waals surface area contributed by atoms with Gasteiger partial charge >= 0.3 is 5.97 Å². The molecule has 0 bridgehead atoms. The van der Waals surface area contributed by atoms with Crippen molar-refractivity contribution >= 4 is 17.3 Å². The van der Waals surface area contributed by atoms with Crippen LogP contribution in [-0.4, -0.2) is 29.2 Å². The molecular weight excluding hydrogens is 322 g/mol. The highest BCUT2D eigenvalue weighted by atomic mass is 32.1. The molecule has 122 valence electrons. The van der Waals surface area contributed by atoms with Gasteiger partial charge in [0.1, 0.15) is 17.0 Å². The van der Waals surface area contributed by atoms with Crippen molar-refractivity contribution in [3.8, 4) is 10.7 Å². The van der Waals surface area contributed by atoms with E-state index in [4.69, 9.17) is 4.74 Å². The third kappa shape index (κ3) is 3.39. The average Bonchev–Trinajstić information content (AvgIpc) is 3.04. The highest BCUT2D eigenvalue weighted by Crippen LogP contribution is 2.40. The minimum absolute atomic E-state index is 0.153. The van der Waals surface area contributed by atoms with Crippen LogP contribution in [0.5, 0.6) is 0 Å². The van der Waals surface area contributed by atoms with Gasteiger partial charge in [-0.2, -0.15) is 0 Å². The Labute approximate surface area is 136 Å². The van der Waals surface area contributed by atoms with Crippen molar-refractivity contribution < 1.29 is 18.3 Å². The summed E-state index contributed by atoms with van der Waals surface area (Å²) >= 11 is 1.38. The smallest absolute Gasteiger partial charge is 0.309 e. The minimum Gasteiger partial charge on any atom is -0.469 e. The number of methoxy groups -OCH3 is 1. The molecule has 1 saturated carbocycles. The third-order valence-corrected chi connectivity index (χ3v) is 5.02. The summed E-state index contributed by atoms with van der Waals surface area (Å²) in [5.74, 6) is -1.47. The number of halogens is 2. The van der Waals surface area contributed by atoms with Gasteiger partial charge in [0.05, 0.1) is 30.6 Å². The molecular formula is C16H16F2N2O2S. The molecule has 0 aliphatic heterocycles. The first kappa shape index (κ1) is 16.0. The Morgan fingerprint density at radius 1 is 1.39 bits per heavy atom. The maximum Gasteiger partial charge on any atom is 0.309 e. The molecule has 4 nitrogen and oxygen atoms in total. The van der Waals surface area contributed by atoms with Crippen LogP contribution < -0.4 is 0 Å². The van der Waals surface area contributed by atoms with Crippen molar-refractivity contribution in [1.82, 2.24) is 9.97 Å². The minimum atomic E-state index is -0.979. The molecule has 1 aliphatic carbocycles. The predicted octanol–water partition coefficient (Wildman–Crippen LogP) is 3.74. The maximum atomic E-state index is 13.7. The van der Waals surface area contributed by atoms with Gasteiger partial charge in [0, 0.05) is 11.3 Å². The zero-order valence-corrected chi connectivity index (χ0v) is 13.4. The van der Waals surface area contributed by atoms with E-state index in [1.54, 1.807) is 6.07 Å². The van der Waals surface area contributed by atoms with E-state index in [0.717, 1.165) is 11.9 Å². The fraction of sp³-hybridized carbons (Fsp3) is 0.438. The van der Waals surface area contributed by atoms with Gasteiger partial charge in [0.25, 0.3) is 0 Å². The number of rotatable bonds is 3. The van der Waals surface area contributed by atoms with E-state index in [-0.39, 0.29) is 12.3 Å². The summed E-state index contributed by atoms with van der Waals surface area (Å²) in [5, 5.41) is 2.52. The molecule has 0 spiro atoms. The monoisotopic (exact) mass is 338 g/mol. The van der Waals surface area contributed by atoms with Crippen LogP contribution in [0.4, 0.5) is 8.78 Å². The van der Waals surface area contributed by atoms with Crippen molar-refractivity contribution in [2.75, 3.05) is 7.11 Å². The number of carbonyl (C=O) groups excluding carboxylic acids is 1. The number of carbonyl (C=O) groups is 1. The second-order valence-electron chi connectivity index (χ2n) is 5.59. The number of ether oxygens (including phenoxy) is 1. The summed E-state index contributed by atoms with van der Waals surface area (Å²) in [7, 11) is 1.32. The molecule has 1 fully saturated rings. The van der Waals surface area contributed by atoms with Gasteiger partial charge in [-0.15, -0.1) is 11.3 Å². The zero-order chi connectivity index (χ0) is 16.4. The molecule has 2 aromatic heterocycles. The van der Waals surface area contributed by atoms with E-state index in [2.05, 4.69) is 9.97 Å². The van der Waals surface area contributed by atoms with Gasteiger partial charge in [0.2, 0.25) is 0 Å². The van der Waals surface area contributed by atoms with Gasteiger partial charge in [-0.3, -0.25) is 9.78 Å². The lowest BCUT2D eigenvalue weighted by molar-refractivity contribution is -0.148. The quantitative estimate of drug-likeness (QED) is 0.800. The van der Waals surface area contributed by atoms with Crippen molar-refractivity contribution in [3.63, 3.8) is 0 Å². The molecule has 2 heterocycles. The van der Waals surface area contributed by atoms with E-state index in [1.165, 1.54) is 24.5 Å². The van der Waals surface area contributed by atoms with Crippen LogP contribution in [0.3, 0.4) is 0 Å². The molecule has 0 saturated heterocycles. The van der Waals surface area contributed by atoms with E-state index >= 15 is 0 Å². The van der Waals surface area contributed by atoms with Crippen molar-refractivity contribution in [2.45, 2.75) is 31.4 Å². The van der Waals surface area contributed by atoms with Gasteiger partial charge in [0.15, 0.2) is 0 Å². The SMILES string of the molecule is COC(=O)C1CC(F)CCC1c1csc(-c2ccc(F)cn2)n1. The number of nitrogens with zero attached hydrogens (tertiary/aromatic N) is 2. The van der Waals surface area contributed by atoms with Gasteiger partial charge < -0.3 is 4.74 Å². The number of hydrogen-bond acceptors (Lipinski definition) is 5. The Bertz CT molecular complexity index is 690. The summed E-state index contributed by atoms with van der Waals surface area (Å²) in [6.45, 7) is 0. The largest absolute Gasteiger partial charge is 0.469 e. The zero-order valence-electron chi connectivity index (χ0n) is 12.5. The molecule has 3 rings (SSSR count). The topological polar surface area (TPSA) is 52.1 Å². The highest BCUT2D eigenvalue weighted by Gasteiger charge is 2.38.